The average molecular weight is 342 g/mol. The first-order valence-electron chi connectivity index (χ1n) is 8.23. The van der Waals surface area contributed by atoms with Crippen molar-refractivity contribution in [2.75, 3.05) is 12.8 Å². The van der Waals surface area contributed by atoms with Crippen LogP contribution in [0.25, 0.3) is 0 Å². The standard InChI is InChI=1S/C16H26N2O4S/c1-23(20,21)18(14-7-4-2-3-5-8-14)11-10-16(19)17-13-15-9-6-12-22-15/h6,9,12,14H,2-5,7-8,10-11,13H2,1H3,(H,17,19). The number of nitrogens with one attached hydrogen (secondary N) is 1. The summed E-state index contributed by atoms with van der Waals surface area (Å²) in [6.07, 6.45) is 9.18. The van der Waals surface area contributed by atoms with Gasteiger partial charge in [0.05, 0.1) is 19.1 Å². The van der Waals surface area contributed by atoms with Crippen molar-refractivity contribution in [3.8, 4) is 0 Å². The lowest BCUT2D eigenvalue weighted by Crippen LogP contribution is -2.41. The molecule has 1 aromatic rings. The number of carbonyl (C=O) groups excluding carboxylic acids is 1. The normalized spacial score (nSPS) is 17.1. The van der Waals surface area contributed by atoms with Gasteiger partial charge in [0.15, 0.2) is 0 Å². The van der Waals surface area contributed by atoms with Crippen molar-refractivity contribution in [1.82, 2.24) is 9.62 Å². The minimum Gasteiger partial charge on any atom is -0.467 e. The lowest BCUT2D eigenvalue weighted by Gasteiger charge is -2.28. The maximum Gasteiger partial charge on any atom is 0.221 e. The van der Waals surface area contributed by atoms with Gasteiger partial charge in [0, 0.05) is 19.0 Å². The van der Waals surface area contributed by atoms with Gasteiger partial charge < -0.3 is 9.73 Å². The number of sulfonamides is 1. The second-order valence-corrected chi connectivity index (χ2v) is 8.06. The van der Waals surface area contributed by atoms with Crippen molar-refractivity contribution in [2.24, 2.45) is 0 Å². The molecule has 0 aromatic carbocycles. The lowest BCUT2D eigenvalue weighted by molar-refractivity contribution is -0.121. The third kappa shape index (κ3) is 5.99. The molecule has 0 unspecified atom stereocenters. The van der Waals surface area contributed by atoms with Crippen LogP contribution in [0.1, 0.15) is 50.7 Å². The SMILES string of the molecule is CS(=O)(=O)N(CCC(=O)NCc1ccco1)C1CCCCCC1. The largest absolute Gasteiger partial charge is 0.467 e. The van der Waals surface area contributed by atoms with E-state index in [1.165, 1.54) is 10.6 Å². The highest BCUT2D eigenvalue weighted by atomic mass is 32.2. The molecule has 7 heteroatoms. The summed E-state index contributed by atoms with van der Waals surface area (Å²) in [7, 11) is -3.30. The van der Waals surface area contributed by atoms with Gasteiger partial charge in [-0.25, -0.2) is 8.42 Å². The molecule has 0 saturated heterocycles. The number of hydrogen-bond donors (Lipinski definition) is 1. The zero-order valence-electron chi connectivity index (χ0n) is 13.7. The number of amides is 1. The highest BCUT2D eigenvalue weighted by Crippen LogP contribution is 2.23. The summed E-state index contributed by atoms with van der Waals surface area (Å²) < 4.78 is 30.8. The van der Waals surface area contributed by atoms with Crippen molar-refractivity contribution in [2.45, 2.75) is 57.5 Å². The number of carbonyl (C=O) groups is 1. The molecular formula is C16H26N2O4S. The molecule has 1 fully saturated rings. The second kappa shape index (κ2) is 8.49. The fourth-order valence-corrected chi connectivity index (χ4v) is 4.24. The molecule has 1 aliphatic carbocycles. The second-order valence-electron chi connectivity index (χ2n) is 6.13. The Morgan fingerprint density at radius 2 is 2.00 bits per heavy atom. The van der Waals surface area contributed by atoms with Gasteiger partial charge in [0.2, 0.25) is 15.9 Å². The van der Waals surface area contributed by atoms with Crippen LogP contribution in [0.3, 0.4) is 0 Å². The minimum atomic E-state index is -3.30. The predicted octanol–water partition coefficient (Wildman–Crippen LogP) is 2.27. The first kappa shape index (κ1) is 18.0. The van der Waals surface area contributed by atoms with Crippen LogP contribution in [0.15, 0.2) is 22.8 Å². The molecule has 0 radical (unpaired) electrons. The molecule has 130 valence electrons. The van der Waals surface area contributed by atoms with Crippen molar-refractivity contribution in [3.05, 3.63) is 24.2 Å². The maximum atomic E-state index is 12.1. The molecule has 1 aromatic heterocycles. The van der Waals surface area contributed by atoms with E-state index in [1.54, 1.807) is 18.4 Å². The zero-order chi connectivity index (χ0) is 16.7. The van der Waals surface area contributed by atoms with Crippen LogP contribution in [-0.4, -0.2) is 37.5 Å². The summed E-state index contributed by atoms with van der Waals surface area (Å²) in [5.74, 6) is 0.519. The van der Waals surface area contributed by atoms with Gasteiger partial charge in [0.25, 0.3) is 0 Å². The van der Waals surface area contributed by atoms with Crippen LogP contribution < -0.4 is 5.32 Å². The Morgan fingerprint density at radius 1 is 1.30 bits per heavy atom. The van der Waals surface area contributed by atoms with Gasteiger partial charge >= 0.3 is 0 Å². The molecule has 0 spiro atoms. The van der Waals surface area contributed by atoms with Gasteiger partial charge in [-0.2, -0.15) is 4.31 Å². The van der Waals surface area contributed by atoms with Gasteiger partial charge in [-0.3, -0.25) is 4.79 Å². The summed E-state index contributed by atoms with van der Waals surface area (Å²) in [5.41, 5.74) is 0. The van der Waals surface area contributed by atoms with Gasteiger partial charge in [-0.05, 0) is 25.0 Å². The average Bonchev–Trinajstić information content (AvgIpc) is 2.87. The van der Waals surface area contributed by atoms with E-state index >= 15 is 0 Å². The summed E-state index contributed by atoms with van der Waals surface area (Å²) in [4.78, 5) is 11.9. The van der Waals surface area contributed by atoms with E-state index in [2.05, 4.69) is 5.32 Å². The molecule has 1 heterocycles. The highest BCUT2D eigenvalue weighted by molar-refractivity contribution is 7.88. The van der Waals surface area contributed by atoms with Crippen LogP contribution in [-0.2, 0) is 21.4 Å². The Bertz CT molecular complexity index is 575. The quantitative estimate of drug-likeness (QED) is 0.771. The van der Waals surface area contributed by atoms with E-state index in [0.29, 0.717) is 12.3 Å². The molecule has 23 heavy (non-hydrogen) atoms. The highest BCUT2D eigenvalue weighted by Gasteiger charge is 2.27. The monoisotopic (exact) mass is 342 g/mol. The van der Waals surface area contributed by atoms with Crippen LogP contribution in [0, 0.1) is 0 Å². The van der Waals surface area contributed by atoms with Gasteiger partial charge in [0.1, 0.15) is 5.76 Å². The number of nitrogens with zero attached hydrogens (tertiary/aromatic N) is 1. The minimum absolute atomic E-state index is 0.0328. The van der Waals surface area contributed by atoms with Crippen LogP contribution in [0.2, 0.25) is 0 Å². The molecule has 0 bridgehead atoms. The van der Waals surface area contributed by atoms with Crippen molar-refractivity contribution >= 4 is 15.9 Å². The fourth-order valence-electron chi connectivity index (χ4n) is 3.06. The Kier molecular flexibility index (Phi) is 6.65. The summed E-state index contributed by atoms with van der Waals surface area (Å²) in [6, 6.07) is 3.58. The predicted molar refractivity (Wildman–Crippen MR) is 88.2 cm³/mol. The lowest BCUT2D eigenvalue weighted by atomic mass is 10.1. The van der Waals surface area contributed by atoms with Crippen molar-refractivity contribution < 1.29 is 17.6 Å². The van der Waals surface area contributed by atoms with E-state index in [-0.39, 0.29) is 24.9 Å². The third-order valence-corrected chi connectivity index (χ3v) is 5.59. The molecule has 1 amide bonds. The van der Waals surface area contributed by atoms with Crippen LogP contribution >= 0.6 is 0 Å². The van der Waals surface area contributed by atoms with Crippen molar-refractivity contribution in [1.29, 1.82) is 0 Å². The van der Waals surface area contributed by atoms with Crippen molar-refractivity contribution in [3.63, 3.8) is 0 Å². The Labute approximate surface area is 138 Å². The smallest absolute Gasteiger partial charge is 0.221 e. The summed E-state index contributed by atoms with van der Waals surface area (Å²) in [6.45, 7) is 0.571. The van der Waals surface area contributed by atoms with Crippen LogP contribution in [0.5, 0.6) is 0 Å². The first-order valence-corrected chi connectivity index (χ1v) is 10.1. The molecule has 1 aliphatic rings. The van der Waals surface area contributed by atoms with E-state index in [4.69, 9.17) is 4.42 Å². The number of furan rings is 1. The Balaban J connectivity index is 1.86. The molecule has 6 nitrogen and oxygen atoms in total. The first-order chi connectivity index (χ1) is 11.0. The van der Waals surface area contributed by atoms with E-state index in [1.807, 2.05) is 0 Å². The molecule has 2 rings (SSSR count). The summed E-state index contributed by atoms with van der Waals surface area (Å²) in [5, 5.41) is 2.75. The van der Waals surface area contributed by atoms with Gasteiger partial charge in [-0.1, -0.05) is 25.7 Å². The molecular weight excluding hydrogens is 316 g/mol. The van der Waals surface area contributed by atoms with E-state index in [9.17, 15) is 13.2 Å². The fraction of sp³-hybridized carbons (Fsp3) is 0.688. The number of hydrogen-bond acceptors (Lipinski definition) is 4. The molecule has 0 aliphatic heterocycles. The van der Waals surface area contributed by atoms with E-state index in [0.717, 1.165) is 38.5 Å². The Morgan fingerprint density at radius 3 is 2.57 bits per heavy atom. The third-order valence-electron chi connectivity index (χ3n) is 4.26. The molecule has 1 saturated carbocycles. The zero-order valence-corrected chi connectivity index (χ0v) is 14.5. The van der Waals surface area contributed by atoms with Crippen LogP contribution in [0.4, 0.5) is 0 Å². The number of rotatable bonds is 7. The molecule has 1 N–H and O–H groups in total. The van der Waals surface area contributed by atoms with Gasteiger partial charge in [-0.15, -0.1) is 0 Å². The molecule has 0 atom stereocenters. The topological polar surface area (TPSA) is 79.6 Å². The van der Waals surface area contributed by atoms with E-state index < -0.39 is 10.0 Å². The summed E-state index contributed by atoms with van der Waals surface area (Å²) >= 11 is 0. The maximum absolute atomic E-state index is 12.1. The Hall–Kier alpha value is -1.34.